The van der Waals surface area contributed by atoms with Crippen LogP contribution in [0.25, 0.3) is 0 Å². The summed E-state index contributed by atoms with van der Waals surface area (Å²) in [4.78, 5) is 37.4. The maximum absolute atomic E-state index is 12.6. The molecule has 38 heavy (non-hydrogen) atoms. The van der Waals surface area contributed by atoms with Crippen LogP contribution in [0.1, 0.15) is 99.3 Å². The number of carbonyl (C=O) groups is 2. The van der Waals surface area contributed by atoms with Crippen molar-refractivity contribution in [1.29, 1.82) is 0 Å². The predicted octanol–water partition coefficient (Wildman–Crippen LogP) is 4.46. The molecule has 7 aliphatic rings. The van der Waals surface area contributed by atoms with E-state index in [1.54, 1.807) is 0 Å². The third kappa shape index (κ3) is 3.07. The van der Waals surface area contributed by atoms with Gasteiger partial charge in [0.2, 0.25) is 5.79 Å². The summed E-state index contributed by atoms with van der Waals surface area (Å²) >= 11 is 0. The van der Waals surface area contributed by atoms with Gasteiger partial charge in [0, 0.05) is 25.2 Å². The van der Waals surface area contributed by atoms with Crippen LogP contribution in [-0.4, -0.2) is 51.8 Å². The number of carbonyl (C=O) groups excluding carboxylic acids is 2. The zero-order valence-electron chi connectivity index (χ0n) is 23.7. The fraction of sp³-hybridized carbons (Fsp3) is 0.933. The third-order valence-electron chi connectivity index (χ3n) is 12.8. The number of hydrogen-bond donors (Lipinski definition) is 1. The smallest absolute Gasteiger partial charge is 0.311 e. The van der Waals surface area contributed by atoms with Crippen LogP contribution >= 0.6 is 0 Å². The summed E-state index contributed by atoms with van der Waals surface area (Å²) < 4.78 is 18.6. The highest BCUT2D eigenvalue weighted by Gasteiger charge is 2.75. The number of fused-ring (bicyclic) bond motifs is 4. The molecular weight excluding hydrogens is 488 g/mol. The minimum atomic E-state index is -1.19. The molecule has 7 rings (SSSR count). The van der Waals surface area contributed by atoms with Crippen molar-refractivity contribution in [2.45, 2.75) is 134 Å². The Bertz CT molecular complexity index is 1070. The molecule has 8 heteroatoms. The number of hydrogen-bond acceptors (Lipinski definition) is 8. The van der Waals surface area contributed by atoms with E-state index in [0.717, 1.165) is 38.5 Å². The van der Waals surface area contributed by atoms with Crippen LogP contribution in [0.15, 0.2) is 0 Å². The van der Waals surface area contributed by atoms with E-state index in [0.29, 0.717) is 24.7 Å². The van der Waals surface area contributed by atoms with E-state index in [9.17, 15) is 14.7 Å². The second-order valence-corrected chi connectivity index (χ2v) is 15.2. The lowest BCUT2D eigenvalue weighted by Crippen LogP contribution is -2.66. The fourth-order valence-electron chi connectivity index (χ4n) is 11.3. The van der Waals surface area contributed by atoms with Crippen LogP contribution in [0.2, 0.25) is 0 Å². The molecule has 12 atom stereocenters. The van der Waals surface area contributed by atoms with Crippen molar-refractivity contribution in [2.75, 3.05) is 0 Å². The van der Waals surface area contributed by atoms with Crippen LogP contribution in [0.3, 0.4) is 0 Å². The molecule has 0 radical (unpaired) electrons. The molecule has 3 aliphatic carbocycles. The van der Waals surface area contributed by atoms with Crippen molar-refractivity contribution in [3.05, 3.63) is 0 Å². The molecule has 2 bridgehead atoms. The summed E-state index contributed by atoms with van der Waals surface area (Å²) in [7, 11) is 0. The van der Waals surface area contributed by atoms with Crippen LogP contribution in [0.5, 0.6) is 0 Å². The Hall–Kier alpha value is -1.22. The van der Waals surface area contributed by atoms with Crippen molar-refractivity contribution in [3.8, 4) is 0 Å². The summed E-state index contributed by atoms with van der Waals surface area (Å²) in [5.41, 5.74) is -2.72. The van der Waals surface area contributed by atoms with Gasteiger partial charge < -0.3 is 19.3 Å². The standard InChI is InChI=1S/C30H44O8/c1-16-12-29(13-17(2)24(32)36-29)34-18-14-27(6)20-8-7-19-25(3,4)35-22(31)11-21-30(19,33)15-28(20,38-37-21)10-9-26(27,5)23(16)18/h16-21,23,33H,7-15H2,1-6H3/t16?,17-,18-,19?,20+,21?,23?,26-,27?,28-,29+,30?/m1/s1. The van der Waals surface area contributed by atoms with Crippen LogP contribution in [0, 0.1) is 40.4 Å². The van der Waals surface area contributed by atoms with Gasteiger partial charge in [0.25, 0.3) is 0 Å². The average Bonchev–Trinajstić information content (AvgIpc) is 3.11. The number of cyclic esters (lactones) is 1. The lowest BCUT2D eigenvalue weighted by molar-refractivity contribution is -0.464. The highest BCUT2D eigenvalue weighted by atomic mass is 17.2. The summed E-state index contributed by atoms with van der Waals surface area (Å²) in [5.74, 6) is -0.798. The number of aliphatic hydroxyl groups is 1. The quantitative estimate of drug-likeness (QED) is 0.361. The van der Waals surface area contributed by atoms with Crippen molar-refractivity contribution in [1.82, 2.24) is 0 Å². The molecule has 7 fully saturated rings. The summed E-state index contributed by atoms with van der Waals surface area (Å²) in [5, 5.41) is 12.3. The Kier molecular flexibility index (Phi) is 5.10. The molecule has 1 N–H and O–H groups in total. The van der Waals surface area contributed by atoms with Crippen molar-refractivity contribution < 1.29 is 38.7 Å². The largest absolute Gasteiger partial charge is 0.459 e. The molecule has 0 aromatic heterocycles. The normalized spacial score (nSPS) is 58.7. The molecule has 0 aromatic carbocycles. The van der Waals surface area contributed by atoms with E-state index in [2.05, 4.69) is 20.8 Å². The van der Waals surface area contributed by atoms with E-state index in [1.165, 1.54) is 0 Å². The second kappa shape index (κ2) is 7.54. The molecule has 212 valence electrons. The lowest BCUT2D eigenvalue weighted by atomic mass is 9.46. The maximum atomic E-state index is 12.6. The zero-order chi connectivity index (χ0) is 27.1. The van der Waals surface area contributed by atoms with Gasteiger partial charge in [0.1, 0.15) is 22.9 Å². The van der Waals surface area contributed by atoms with E-state index >= 15 is 0 Å². The molecule has 3 saturated carbocycles. The van der Waals surface area contributed by atoms with Crippen molar-refractivity contribution in [2.24, 2.45) is 40.4 Å². The van der Waals surface area contributed by atoms with Gasteiger partial charge in [-0.1, -0.05) is 27.7 Å². The Balaban J connectivity index is 1.27. The van der Waals surface area contributed by atoms with Crippen molar-refractivity contribution in [3.63, 3.8) is 0 Å². The highest BCUT2D eigenvalue weighted by molar-refractivity contribution is 5.74. The Morgan fingerprint density at radius 2 is 1.63 bits per heavy atom. The number of ether oxygens (including phenoxy) is 3. The zero-order valence-corrected chi connectivity index (χ0v) is 23.7. The highest BCUT2D eigenvalue weighted by Crippen LogP contribution is 2.74. The first-order valence-electron chi connectivity index (χ1n) is 14.9. The second-order valence-electron chi connectivity index (χ2n) is 15.2. The molecule has 0 amide bonds. The van der Waals surface area contributed by atoms with E-state index in [4.69, 9.17) is 24.0 Å². The van der Waals surface area contributed by atoms with Gasteiger partial charge in [0.15, 0.2) is 0 Å². The van der Waals surface area contributed by atoms with Gasteiger partial charge in [-0.15, -0.1) is 0 Å². The monoisotopic (exact) mass is 532 g/mol. The van der Waals surface area contributed by atoms with Crippen LogP contribution < -0.4 is 0 Å². The first kappa shape index (κ1) is 25.7. The molecular formula is C30H44O8. The molecule has 4 saturated heterocycles. The van der Waals surface area contributed by atoms with Crippen LogP contribution in [-0.2, 0) is 33.6 Å². The topological polar surface area (TPSA) is 101 Å². The van der Waals surface area contributed by atoms with E-state index < -0.39 is 28.7 Å². The third-order valence-corrected chi connectivity index (χ3v) is 12.8. The Labute approximate surface area is 225 Å². The molecule has 6 unspecified atom stereocenters. The SMILES string of the molecule is CC1C[C@]2(C[C@@H](C)C(=O)O2)O[C@@H]2CC3(C)[C@@H]4CCC5C(C)(C)OC(=O)CC6OO[C@]4(CC[C@]3(C)C12)CC65O. The molecule has 4 heterocycles. The Morgan fingerprint density at radius 3 is 2.34 bits per heavy atom. The minimum absolute atomic E-state index is 0.000881. The fourth-order valence-corrected chi connectivity index (χ4v) is 11.3. The van der Waals surface area contributed by atoms with E-state index in [-0.39, 0.29) is 53.0 Å². The predicted molar refractivity (Wildman–Crippen MR) is 134 cm³/mol. The average molecular weight is 533 g/mol. The molecule has 4 aliphatic heterocycles. The minimum Gasteiger partial charge on any atom is -0.459 e. The van der Waals surface area contributed by atoms with E-state index in [1.807, 2.05) is 20.8 Å². The summed E-state index contributed by atoms with van der Waals surface area (Å²) in [6, 6.07) is 0. The molecule has 0 aromatic rings. The number of esters is 2. The van der Waals surface area contributed by atoms with Gasteiger partial charge in [-0.05, 0) is 74.5 Å². The Morgan fingerprint density at radius 1 is 0.895 bits per heavy atom. The van der Waals surface area contributed by atoms with Crippen LogP contribution in [0.4, 0.5) is 0 Å². The van der Waals surface area contributed by atoms with Gasteiger partial charge in [0.05, 0.1) is 18.4 Å². The first-order valence-corrected chi connectivity index (χ1v) is 14.9. The summed E-state index contributed by atoms with van der Waals surface area (Å²) in [6.45, 7) is 13.0. The van der Waals surface area contributed by atoms with Gasteiger partial charge in [-0.3, -0.25) is 9.59 Å². The summed E-state index contributed by atoms with van der Waals surface area (Å²) in [6.07, 6.45) is 5.33. The van der Waals surface area contributed by atoms with Gasteiger partial charge in [-0.25, -0.2) is 9.78 Å². The number of rotatable bonds is 0. The molecule has 8 nitrogen and oxygen atoms in total. The van der Waals surface area contributed by atoms with Gasteiger partial charge >= 0.3 is 11.9 Å². The maximum Gasteiger partial charge on any atom is 0.311 e. The van der Waals surface area contributed by atoms with Crippen molar-refractivity contribution >= 4 is 11.9 Å². The molecule has 2 spiro atoms. The van der Waals surface area contributed by atoms with Gasteiger partial charge in [-0.2, -0.15) is 0 Å². The lowest BCUT2D eigenvalue weighted by Gasteiger charge is -2.62. The first-order chi connectivity index (χ1) is 17.7.